The van der Waals surface area contributed by atoms with Crippen LogP contribution in [0.15, 0.2) is 23.8 Å². The van der Waals surface area contributed by atoms with Crippen LogP contribution in [0.2, 0.25) is 0 Å². The van der Waals surface area contributed by atoms with Gasteiger partial charge >= 0.3 is 0 Å². The average Bonchev–Trinajstić information content (AvgIpc) is 2.18. The molecule has 0 saturated heterocycles. The Bertz CT molecular complexity index is 245. The Labute approximate surface area is 83.7 Å². The molecule has 1 unspecified atom stereocenters. The maximum absolute atomic E-state index is 11.3. The molecule has 13 heavy (non-hydrogen) atoms. The van der Waals surface area contributed by atoms with E-state index in [2.05, 4.69) is 5.32 Å². The fourth-order valence-electron chi connectivity index (χ4n) is 1.42. The summed E-state index contributed by atoms with van der Waals surface area (Å²) in [6, 6.07) is 0. The van der Waals surface area contributed by atoms with Crippen molar-refractivity contribution in [2.24, 2.45) is 5.92 Å². The van der Waals surface area contributed by atoms with Crippen molar-refractivity contribution in [1.82, 2.24) is 5.32 Å². The van der Waals surface area contributed by atoms with Crippen LogP contribution in [0.5, 0.6) is 0 Å². The SMILES string of the molecule is CNC(=O)C1C=CC=C(CCCl)C1. The molecule has 1 atom stereocenters. The van der Waals surface area contributed by atoms with E-state index in [0.29, 0.717) is 5.88 Å². The highest BCUT2D eigenvalue weighted by atomic mass is 35.5. The smallest absolute Gasteiger partial charge is 0.226 e. The third kappa shape index (κ3) is 2.88. The first kappa shape index (κ1) is 10.3. The van der Waals surface area contributed by atoms with E-state index >= 15 is 0 Å². The van der Waals surface area contributed by atoms with Gasteiger partial charge in [-0.25, -0.2) is 0 Å². The topological polar surface area (TPSA) is 29.1 Å². The maximum Gasteiger partial charge on any atom is 0.226 e. The van der Waals surface area contributed by atoms with Crippen molar-refractivity contribution in [3.63, 3.8) is 0 Å². The van der Waals surface area contributed by atoms with Crippen LogP contribution in [0.25, 0.3) is 0 Å². The largest absolute Gasteiger partial charge is 0.359 e. The van der Waals surface area contributed by atoms with Gasteiger partial charge in [0.25, 0.3) is 0 Å². The number of rotatable bonds is 3. The molecule has 3 heteroatoms. The Morgan fingerprint density at radius 2 is 2.54 bits per heavy atom. The molecule has 72 valence electrons. The van der Waals surface area contributed by atoms with E-state index < -0.39 is 0 Å². The van der Waals surface area contributed by atoms with Crippen LogP contribution in [0.4, 0.5) is 0 Å². The van der Waals surface area contributed by atoms with E-state index in [1.165, 1.54) is 5.57 Å². The molecule has 0 spiro atoms. The van der Waals surface area contributed by atoms with Gasteiger partial charge in [-0.05, 0) is 12.8 Å². The summed E-state index contributed by atoms with van der Waals surface area (Å²) in [4.78, 5) is 11.3. The zero-order valence-electron chi connectivity index (χ0n) is 7.72. The Balaban J connectivity index is 2.54. The molecule has 0 saturated carbocycles. The fourth-order valence-corrected chi connectivity index (χ4v) is 1.66. The molecule has 1 rings (SSSR count). The monoisotopic (exact) mass is 199 g/mol. The van der Waals surface area contributed by atoms with Gasteiger partial charge in [0.1, 0.15) is 0 Å². The van der Waals surface area contributed by atoms with Gasteiger partial charge < -0.3 is 5.32 Å². The first-order chi connectivity index (χ1) is 6.27. The van der Waals surface area contributed by atoms with Crippen molar-refractivity contribution in [1.29, 1.82) is 0 Å². The average molecular weight is 200 g/mol. The van der Waals surface area contributed by atoms with Crippen LogP contribution in [0.3, 0.4) is 0 Å². The minimum absolute atomic E-state index is 0.00628. The van der Waals surface area contributed by atoms with Crippen LogP contribution in [-0.4, -0.2) is 18.8 Å². The van der Waals surface area contributed by atoms with E-state index in [9.17, 15) is 4.79 Å². The maximum atomic E-state index is 11.3. The van der Waals surface area contributed by atoms with Crippen LogP contribution in [0, 0.1) is 5.92 Å². The highest BCUT2D eigenvalue weighted by molar-refractivity contribution is 6.18. The third-order valence-corrected chi connectivity index (χ3v) is 2.35. The summed E-state index contributed by atoms with van der Waals surface area (Å²) in [6.45, 7) is 0. The number of carbonyl (C=O) groups is 1. The molecule has 0 fully saturated rings. The lowest BCUT2D eigenvalue weighted by molar-refractivity contribution is -0.123. The van der Waals surface area contributed by atoms with Crippen LogP contribution in [0.1, 0.15) is 12.8 Å². The minimum atomic E-state index is -0.00628. The zero-order chi connectivity index (χ0) is 9.68. The number of hydrogen-bond donors (Lipinski definition) is 1. The van der Waals surface area contributed by atoms with Crippen molar-refractivity contribution >= 4 is 17.5 Å². The van der Waals surface area contributed by atoms with E-state index in [1.54, 1.807) is 7.05 Å². The first-order valence-corrected chi connectivity index (χ1v) is 4.95. The second kappa shape index (κ2) is 5.07. The number of hydrogen-bond acceptors (Lipinski definition) is 1. The Kier molecular flexibility index (Phi) is 4.03. The molecule has 1 N–H and O–H groups in total. The summed E-state index contributed by atoms with van der Waals surface area (Å²) in [5.41, 5.74) is 1.26. The summed E-state index contributed by atoms with van der Waals surface area (Å²) >= 11 is 5.63. The predicted molar refractivity (Wildman–Crippen MR) is 54.7 cm³/mol. The molecule has 0 heterocycles. The Hall–Kier alpha value is -0.760. The first-order valence-electron chi connectivity index (χ1n) is 4.41. The van der Waals surface area contributed by atoms with Gasteiger partial charge in [-0.3, -0.25) is 4.79 Å². The number of amides is 1. The lowest BCUT2D eigenvalue weighted by Crippen LogP contribution is -2.27. The summed E-state index contributed by atoms with van der Waals surface area (Å²) < 4.78 is 0. The minimum Gasteiger partial charge on any atom is -0.359 e. The molecular formula is C10H14ClNO. The summed E-state index contributed by atoms with van der Waals surface area (Å²) in [7, 11) is 1.66. The second-order valence-corrected chi connectivity index (χ2v) is 3.45. The third-order valence-electron chi connectivity index (χ3n) is 2.16. The zero-order valence-corrected chi connectivity index (χ0v) is 8.47. The van der Waals surface area contributed by atoms with Crippen LogP contribution < -0.4 is 5.32 Å². The van der Waals surface area contributed by atoms with E-state index in [-0.39, 0.29) is 11.8 Å². The highest BCUT2D eigenvalue weighted by Crippen LogP contribution is 2.21. The number of halogens is 1. The summed E-state index contributed by atoms with van der Waals surface area (Å²) in [5.74, 6) is 0.699. The normalized spacial score (nSPS) is 21.1. The second-order valence-electron chi connectivity index (χ2n) is 3.07. The Morgan fingerprint density at radius 3 is 3.15 bits per heavy atom. The van der Waals surface area contributed by atoms with Crippen molar-refractivity contribution < 1.29 is 4.79 Å². The van der Waals surface area contributed by atoms with E-state index in [0.717, 1.165) is 12.8 Å². The molecule has 0 radical (unpaired) electrons. The number of allylic oxidation sites excluding steroid dienone is 3. The van der Waals surface area contributed by atoms with Crippen molar-refractivity contribution in [3.05, 3.63) is 23.8 Å². The fraction of sp³-hybridized carbons (Fsp3) is 0.500. The van der Waals surface area contributed by atoms with Gasteiger partial charge in [0.05, 0.1) is 5.92 Å². The van der Waals surface area contributed by atoms with Crippen molar-refractivity contribution in [2.45, 2.75) is 12.8 Å². The van der Waals surface area contributed by atoms with Gasteiger partial charge in [-0.2, -0.15) is 0 Å². The van der Waals surface area contributed by atoms with E-state index in [1.807, 2.05) is 18.2 Å². The van der Waals surface area contributed by atoms with Gasteiger partial charge in [0, 0.05) is 12.9 Å². The standard InChI is InChI=1S/C10H14ClNO/c1-12-10(13)9-4-2-3-8(7-9)5-6-11/h2-4,9H,5-7H2,1H3,(H,12,13). The lowest BCUT2D eigenvalue weighted by Gasteiger charge is -2.16. The van der Waals surface area contributed by atoms with Gasteiger partial charge in [-0.1, -0.05) is 23.8 Å². The molecule has 0 bridgehead atoms. The summed E-state index contributed by atoms with van der Waals surface area (Å²) in [5, 5.41) is 2.65. The highest BCUT2D eigenvalue weighted by Gasteiger charge is 2.17. The molecule has 0 aliphatic heterocycles. The van der Waals surface area contributed by atoms with Crippen molar-refractivity contribution in [2.75, 3.05) is 12.9 Å². The summed E-state index contributed by atoms with van der Waals surface area (Å²) in [6.07, 6.45) is 7.59. The van der Waals surface area contributed by atoms with Crippen LogP contribution in [-0.2, 0) is 4.79 Å². The number of alkyl halides is 1. The van der Waals surface area contributed by atoms with Gasteiger partial charge in [-0.15, -0.1) is 11.6 Å². The van der Waals surface area contributed by atoms with Crippen molar-refractivity contribution in [3.8, 4) is 0 Å². The molecule has 1 amide bonds. The van der Waals surface area contributed by atoms with Gasteiger partial charge in [0.2, 0.25) is 5.91 Å². The molecular weight excluding hydrogens is 186 g/mol. The molecule has 0 aromatic rings. The number of carbonyl (C=O) groups excluding carboxylic acids is 1. The number of nitrogens with one attached hydrogen (secondary N) is 1. The predicted octanol–water partition coefficient (Wildman–Crippen LogP) is 1.86. The molecule has 0 aromatic heterocycles. The Morgan fingerprint density at radius 1 is 1.77 bits per heavy atom. The molecule has 1 aliphatic carbocycles. The molecule has 2 nitrogen and oxygen atoms in total. The quantitative estimate of drug-likeness (QED) is 0.691. The van der Waals surface area contributed by atoms with E-state index in [4.69, 9.17) is 11.6 Å². The lowest BCUT2D eigenvalue weighted by atomic mass is 9.92. The van der Waals surface area contributed by atoms with Gasteiger partial charge in [0.15, 0.2) is 0 Å². The molecule has 1 aliphatic rings. The van der Waals surface area contributed by atoms with Crippen LogP contribution >= 0.6 is 11.6 Å². The molecule has 0 aromatic carbocycles.